The number of alkyl halides is 5. The molecule has 0 aliphatic rings. The third-order valence-electron chi connectivity index (χ3n) is 0.584. The van der Waals surface area contributed by atoms with E-state index in [-0.39, 0.29) is 0 Å². The molecule has 0 aliphatic carbocycles. The lowest BCUT2D eigenvalue weighted by atomic mass is 10.6. The van der Waals surface area contributed by atoms with Gasteiger partial charge in [-0.3, -0.25) is 0 Å². The summed E-state index contributed by atoms with van der Waals surface area (Å²) in [7, 11) is 0. The minimum atomic E-state index is -4.45. The fourth-order valence-electron chi connectivity index (χ4n) is 0.219. The Morgan fingerprint density at radius 3 is 2.18 bits per heavy atom. The van der Waals surface area contributed by atoms with Crippen LogP contribution in [0.2, 0.25) is 0 Å². The molecule has 0 bridgehead atoms. The largest absolute Gasteiger partial charge is 0.429 e. The quantitative estimate of drug-likeness (QED) is 0.481. The summed E-state index contributed by atoms with van der Waals surface area (Å²) in [5, 5.41) is 0. The molecule has 0 fully saturated rings. The monoisotopic (exact) mass is 178 g/mol. The first-order valence-electron chi connectivity index (χ1n) is 2.34. The number of hydrogen-bond donors (Lipinski definition) is 0. The number of hydrogen-bond acceptors (Lipinski definition) is 2. The van der Waals surface area contributed by atoms with Gasteiger partial charge >= 0.3 is 18.5 Å². The summed E-state index contributed by atoms with van der Waals surface area (Å²) in [5.74, 6) is -2.44. The van der Waals surface area contributed by atoms with Crippen LogP contribution in [0.4, 0.5) is 22.0 Å². The molecule has 0 aromatic carbocycles. The Labute approximate surface area is 57.9 Å². The van der Waals surface area contributed by atoms with Crippen molar-refractivity contribution in [1.29, 1.82) is 0 Å². The van der Waals surface area contributed by atoms with Crippen LogP contribution in [0, 0.1) is 0 Å². The fourth-order valence-corrected chi connectivity index (χ4v) is 0.219. The van der Waals surface area contributed by atoms with Gasteiger partial charge in [-0.25, -0.2) is 9.18 Å². The van der Waals surface area contributed by atoms with Crippen LogP contribution in [0.1, 0.15) is 0 Å². The summed E-state index contributed by atoms with van der Waals surface area (Å²) in [5.41, 5.74) is 0. The topological polar surface area (TPSA) is 26.3 Å². The number of ether oxygens (including phenoxy) is 1. The molecule has 0 aromatic heterocycles. The van der Waals surface area contributed by atoms with Crippen LogP contribution < -0.4 is 0 Å². The van der Waals surface area contributed by atoms with Crippen molar-refractivity contribution in [3.8, 4) is 0 Å². The number of esters is 1. The minimum absolute atomic E-state index is 2.31. The molecular weight excluding hydrogens is 175 g/mol. The van der Waals surface area contributed by atoms with Crippen LogP contribution in [0.15, 0.2) is 0 Å². The van der Waals surface area contributed by atoms with Gasteiger partial charge in [0, 0.05) is 0 Å². The van der Waals surface area contributed by atoms with E-state index in [1.807, 2.05) is 0 Å². The van der Waals surface area contributed by atoms with Gasteiger partial charge in [0.05, 0.1) is 0 Å². The molecule has 11 heavy (non-hydrogen) atoms. The second-order valence-electron chi connectivity index (χ2n) is 1.49. The maximum Gasteiger partial charge on any atom is 0.429 e. The van der Waals surface area contributed by atoms with E-state index >= 15 is 0 Å². The summed E-state index contributed by atoms with van der Waals surface area (Å²) in [6, 6.07) is 0. The highest BCUT2D eigenvalue weighted by molar-refractivity contribution is 5.73. The third kappa shape index (κ3) is 3.74. The zero-order valence-electron chi connectivity index (χ0n) is 4.99. The summed E-state index contributed by atoms with van der Waals surface area (Å²) in [6.07, 6.45) is -8.12. The molecule has 0 aliphatic heterocycles. The molecule has 0 heterocycles. The minimum Gasteiger partial charge on any atom is -0.395 e. The van der Waals surface area contributed by atoms with Gasteiger partial charge in [0.25, 0.3) is 0 Å². The van der Waals surface area contributed by atoms with Crippen molar-refractivity contribution in [2.45, 2.75) is 12.5 Å². The van der Waals surface area contributed by atoms with Crippen LogP contribution in [0.25, 0.3) is 0 Å². The van der Waals surface area contributed by atoms with E-state index in [9.17, 15) is 26.7 Å². The van der Waals surface area contributed by atoms with Crippen LogP contribution >= 0.6 is 0 Å². The standard InChI is InChI=1S/C4H3F5O2/c5-1-4(8,9)11-3(10)2(6)7/h2H,1H2. The zero-order valence-corrected chi connectivity index (χ0v) is 4.99. The average Bonchev–Trinajstić information content (AvgIpc) is 1.87. The van der Waals surface area contributed by atoms with E-state index in [1.54, 1.807) is 0 Å². The molecule has 0 spiro atoms. The Bertz CT molecular complexity index is 145. The van der Waals surface area contributed by atoms with Crippen LogP contribution in [-0.2, 0) is 9.53 Å². The van der Waals surface area contributed by atoms with E-state index in [1.165, 1.54) is 0 Å². The van der Waals surface area contributed by atoms with E-state index in [2.05, 4.69) is 4.74 Å². The molecule has 0 N–H and O–H groups in total. The highest BCUT2D eigenvalue weighted by atomic mass is 19.3. The number of carbonyl (C=O) groups excluding carboxylic acids is 1. The van der Waals surface area contributed by atoms with E-state index in [0.717, 1.165) is 0 Å². The molecule has 0 amide bonds. The van der Waals surface area contributed by atoms with Gasteiger partial charge in [-0.05, 0) is 0 Å². The summed E-state index contributed by atoms with van der Waals surface area (Å²) in [4.78, 5) is 9.70. The lowest BCUT2D eigenvalue weighted by Gasteiger charge is -2.11. The molecule has 0 rings (SSSR count). The molecule has 66 valence electrons. The van der Waals surface area contributed by atoms with E-state index in [0.29, 0.717) is 0 Å². The first-order valence-corrected chi connectivity index (χ1v) is 2.34. The average molecular weight is 178 g/mol. The van der Waals surface area contributed by atoms with Crippen molar-refractivity contribution < 1.29 is 31.5 Å². The first kappa shape index (κ1) is 10.1. The Hall–Kier alpha value is -0.880. The molecule has 0 aromatic rings. The Kier molecular flexibility index (Phi) is 3.21. The summed E-state index contributed by atoms with van der Waals surface area (Å²) in [6.45, 7) is -2.31. The van der Waals surface area contributed by atoms with Crippen molar-refractivity contribution >= 4 is 5.97 Å². The predicted octanol–water partition coefficient (Wildman–Crippen LogP) is 1.36. The molecule has 2 nitrogen and oxygen atoms in total. The number of halogens is 5. The van der Waals surface area contributed by atoms with Crippen LogP contribution in [0.5, 0.6) is 0 Å². The summed E-state index contributed by atoms with van der Waals surface area (Å²) < 4.78 is 59.4. The molecule has 0 atom stereocenters. The SMILES string of the molecule is O=C(OC(F)(F)CF)C(F)F. The van der Waals surface area contributed by atoms with Gasteiger partial charge in [0.1, 0.15) is 0 Å². The second-order valence-corrected chi connectivity index (χ2v) is 1.49. The zero-order chi connectivity index (χ0) is 9.07. The molecule has 7 heteroatoms. The van der Waals surface area contributed by atoms with Crippen molar-refractivity contribution in [3.05, 3.63) is 0 Å². The highest BCUT2D eigenvalue weighted by Gasteiger charge is 2.36. The van der Waals surface area contributed by atoms with E-state index < -0.39 is 25.2 Å². The maximum absolute atomic E-state index is 11.6. The smallest absolute Gasteiger partial charge is 0.395 e. The van der Waals surface area contributed by atoms with E-state index in [4.69, 9.17) is 0 Å². The van der Waals surface area contributed by atoms with Gasteiger partial charge in [0.2, 0.25) is 0 Å². The Balaban J connectivity index is 3.94. The second kappa shape index (κ2) is 3.49. The van der Waals surface area contributed by atoms with Crippen molar-refractivity contribution in [2.75, 3.05) is 6.67 Å². The third-order valence-corrected chi connectivity index (χ3v) is 0.584. The van der Waals surface area contributed by atoms with Crippen molar-refractivity contribution in [1.82, 2.24) is 0 Å². The molecular formula is C4H3F5O2. The Morgan fingerprint density at radius 2 is 1.91 bits per heavy atom. The van der Waals surface area contributed by atoms with Gasteiger partial charge in [-0.1, -0.05) is 0 Å². The number of rotatable bonds is 3. The van der Waals surface area contributed by atoms with Gasteiger partial charge in [-0.2, -0.15) is 17.6 Å². The predicted molar refractivity (Wildman–Crippen MR) is 23.0 cm³/mol. The Morgan fingerprint density at radius 1 is 1.45 bits per heavy atom. The lowest BCUT2D eigenvalue weighted by molar-refractivity contribution is -0.246. The fraction of sp³-hybridized carbons (Fsp3) is 0.750. The maximum atomic E-state index is 11.6. The first-order chi connectivity index (χ1) is 4.89. The van der Waals surface area contributed by atoms with Crippen LogP contribution in [0.3, 0.4) is 0 Å². The molecule has 0 saturated carbocycles. The van der Waals surface area contributed by atoms with Gasteiger partial charge < -0.3 is 4.74 Å². The molecule has 0 saturated heterocycles. The summed E-state index contributed by atoms with van der Waals surface area (Å²) >= 11 is 0. The number of carbonyl (C=O) groups is 1. The van der Waals surface area contributed by atoms with Crippen molar-refractivity contribution in [3.63, 3.8) is 0 Å². The normalized spacial score (nSPS) is 11.8. The van der Waals surface area contributed by atoms with Crippen LogP contribution in [-0.4, -0.2) is 25.2 Å². The van der Waals surface area contributed by atoms with Gasteiger partial charge in [-0.15, -0.1) is 0 Å². The lowest BCUT2D eigenvalue weighted by Crippen LogP contribution is -2.30. The molecule has 0 radical (unpaired) electrons. The molecule has 0 unspecified atom stereocenters. The van der Waals surface area contributed by atoms with Crippen molar-refractivity contribution in [2.24, 2.45) is 0 Å². The highest BCUT2D eigenvalue weighted by Crippen LogP contribution is 2.17. The van der Waals surface area contributed by atoms with Gasteiger partial charge in [0.15, 0.2) is 6.67 Å².